The molecule has 7 nitrogen and oxygen atoms in total. The van der Waals surface area contributed by atoms with Gasteiger partial charge >= 0.3 is 0 Å². The van der Waals surface area contributed by atoms with E-state index in [4.69, 9.17) is 9.47 Å². The van der Waals surface area contributed by atoms with Crippen molar-refractivity contribution in [1.82, 2.24) is 15.5 Å². The Morgan fingerprint density at radius 1 is 1.25 bits per heavy atom. The highest BCUT2D eigenvalue weighted by molar-refractivity contribution is 14.0. The average molecular weight is 504 g/mol. The largest absolute Gasteiger partial charge is 0.382 e. The van der Waals surface area contributed by atoms with Gasteiger partial charge in [0.2, 0.25) is 5.91 Å². The Morgan fingerprint density at radius 3 is 2.75 bits per heavy atom. The molecule has 0 aromatic heterocycles. The summed E-state index contributed by atoms with van der Waals surface area (Å²) in [5, 5.41) is 6.10. The third kappa shape index (κ3) is 9.20. The molecule has 0 radical (unpaired) electrons. The zero-order valence-electron chi connectivity index (χ0n) is 16.9. The standard InChI is InChI=1S/C20H32N4O3.HI/c1-21-20(24-11-9-18(15-24)16-27-13-12-26-2)23-14-19(25)22-10-8-17-6-4-3-5-7-17;/h3-7,18H,8-16H2,1-2H3,(H,21,23)(H,22,25);1H. The first kappa shape index (κ1) is 24.6. The maximum atomic E-state index is 12.1. The molecule has 1 amide bonds. The van der Waals surface area contributed by atoms with Crippen LogP contribution >= 0.6 is 24.0 Å². The fourth-order valence-electron chi connectivity index (χ4n) is 3.10. The Balaban J connectivity index is 0.00000392. The molecule has 0 spiro atoms. The van der Waals surface area contributed by atoms with E-state index < -0.39 is 0 Å². The van der Waals surface area contributed by atoms with Crippen molar-refractivity contribution in [1.29, 1.82) is 0 Å². The third-order valence-corrected chi connectivity index (χ3v) is 4.57. The maximum absolute atomic E-state index is 12.1. The lowest BCUT2D eigenvalue weighted by atomic mass is 10.1. The lowest BCUT2D eigenvalue weighted by Gasteiger charge is -2.21. The average Bonchev–Trinajstić information content (AvgIpc) is 3.15. The molecule has 2 N–H and O–H groups in total. The molecule has 1 atom stereocenters. The van der Waals surface area contributed by atoms with E-state index in [1.165, 1.54) is 5.56 Å². The fourth-order valence-corrected chi connectivity index (χ4v) is 3.10. The van der Waals surface area contributed by atoms with Crippen LogP contribution in [0.2, 0.25) is 0 Å². The minimum atomic E-state index is -0.0225. The molecule has 1 unspecified atom stereocenters. The highest BCUT2D eigenvalue weighted by atomic mass is 127. The second-order valence-electron chi connectivity index (χ2n) is 6.65. The number of methoxy groups -OCH3 is 1. The first-order chi connectivity index (χ1) is 13.2. The predicted molar refractivity (Wildman–Crippen MR) is 122 cm³/mol. The van der Waals surface area contributed by atoms with E-state index in [-0.39, 0.29) is 36.4 Å². The summed E-state index contributed by atoms with van der Waals surface area (Å²) in [7, 11) is 3.42. The van der Waals surface area contributed by atoms with Crippen LogP contribution in [0, 0.1) is 5.92 Å². The molecule has 1 aliphatic heterocycles. The van der Waals surface area contributed by atoms with E-state index in [1.807, 2.05) is 18.2 Å². The van der Waals surface area contributed by atoms with Gasteiger partial charge in [-0.25, -0.2) is 0 Å². The number of aliphatic imine (C=N–C) groups is 1. The number of benzene rings is 1. The smallest absolute Gasteiger partial charge is 0.239 e. The van der Waals surface area contributed by atoms with Gasteiger partial charge in [-0.3, -0.25) is 9.79 Å². The minimum absolute atomic E-state index is 0. The topological polar surface area (TPSA) is 75.2 Å². The number of hydrogen-bond donors (Lipinski definition) is 2. The van der Waals surface area contributed by atoms with Crippen LogP contribution in [0.15, 0.2) is 35.3 Å². The number of likely N-dealkylation sites (tertiary alicyclic amines) is 1. The summed E-state index contributed by atoms with van der Waals surface area (Å²) >= 11 is 0. The van der Waals surface area contributed by atoms with Gasteiger partial charge in [0.1, 0.15) is 0 Å². The summed E-state index contributed by atoms with van der Waals surface area (Å²) in [6, 6.07) is 10.1. The number of amides is 1. The zero-order valence-corrected chi connectivity index (χ0v) is 19.2. The van der Waals surface area contributed by atoms with Crippen LogP contribution in [0.1, 0.15) is 12.0 Å². The quantitative estimate of drug-likeness (QED) is 0.219. The van der Waals surface area contributed by atoms with Crippen LogP contribution in [0.3, 0.4) is 0 Å². The number of hydrogen-bond acceptors (Lipinski definition) is 4. The highest BCUT2D eigenvalue weighted by Gasteiger charge is 2.25. The number of rotatable bonds is 10. The van der Waals surface area contributed by atoms with Crippen molar-refractivity contribution in [3.05, 3.63) is 35.9 Å². The molecule has 0 saturated carbocycles. The summed E-state index contributed by atoms with van der Waals surface area (Å²) in [5.41, 5.74) is 1.22. The van der Waals surface area contributed by atoms with E-state index in [9.17, 15) is 4.79 Å². The van der Waals surface area contributed by atoms with Crippen LogP contribution < -0.4 is 10.6 Å². The van der Waals surface area contributed by atoms with E-state index in [0.29, 0.717) is 25.7 Å². The second-order valence-corrected chi connectivity index (χ2v) is 6.65. The Morgan fingerprint density at radius 2 is 2.04 bits per heavy atom. The van der Waals surface area contributed by atoms with E-state index in [2.05, 4.69) is 32.7 Å². The molecule has 1 aliphatic rings. The van der Waals surface area contributed by atoms with Crippen LogP contribution in [-0.2, 0) is 20.7 Å². The Hall–Kier alpha value is -1.39. The lowest BCUT2D eigenvalue weighted by molar-refractivity contribution is -0.120. The van der Waals surface area contributed by atoms with Crippen LogP contribution in [0.5, 0.6) is 0 Å². The van der Waals surface area contributed by atoms with Crippen molar-refractivity contribution in [3.63, 3.8) is 0 Å². The number of nitrogens with zero attached hydrogens (tertiary/aromatic N) is 2. The van der Waals surface area contributed by atoms with Gasteiger partial charge in [-0.15, -0.1) is 24.0 Å². The molecule has 2 rings (SSSR count). The summed E-state index contributed by atoms with van der Waals surface area (Å²) in [6.07, 6.45) is 1.90. The normalized spacial score (nSPS) is 16.6. The predicted octanol–water partition coefficient (Wildman–Crippen LogP) is 1.52. The number of ether oxygens (including phenoxy) is 2. The van der Waals surface area contributed by atoms with Crippen molar-refractivity contribution in [2.45, 2.75) is 12.8 Å². The van der Waals surface area contributed by atoms with Gasteiger partial charge < -0.3 is 25.0 Å². The monoisotopic (exact) mass is 504 g/mol. The summed E-state index contributed by atoms with van der Waals surface area (Å²) in [5.74, 6) is 1.23. The molecule has 1 aromatic rings. The molecule has 158 valence electrons. The number of halogens is 1. The summed E-state index contributed by atoms with van der Waals surface area (Å²) < 4.78 is 10.6. The molecule has 0 bridgehead atoms. The lowest BCUT2D eigenvalue weighted by Crippen LogP contribution is -2.45. The summed E-state index contributed by atoms with van der Waals surface area (Å²) in [6.45, 7) is 4.66. The first-order valence-electron chi connectivity index (χ1n) is 9.55. The molecule has 28 heavy (non-hydrogen) atoms. The highest BCUT2D eigenvalue weighted by Crippen LogP contribution is 2.16. The summed E-state index contributed by atoms with van der Waals surface area (Å²) in [4.78, 5) is 18.5. The molecule has 1 fully saturated rings. The molecular weight excluding hydrogens is 471 g/mol. The first-order valence-corrected chi connectivity index (χ1v) is 9.55. The molecule has 1 heterocycles. The number of guanidine groups is 1. The number of nitrogens with one attached hydrogen (secondary N) is 2. The number of carbonyl (C=O) groups is 1. The van der Waals surface area contributed by atoms with Crippen molar-refractivity contribution in [2.24, 2.45) is 10.9 Å². The molecule has 1 aromatic carbocycles. The molecule has 8 heteroatoms. The van der Waals surface area contributed by atoms with Crippen molar-refractivity contribution < 1.29 is 14.3 Å². The van der Waals surface area contributed by atoms with Gasteiger partial charge in [0.25, 0.3) is 0 Å². The van der Waals surface area contributed by atoms with Gasteiger partial charge in [0.05, 0.1) is 26.4 Å². The van der Waals surface area contributed by atoms with Crippen molar-refractivity contribution in [3.8, 4) is 0 Å². The van der Waals surface area contributed by atoms with Gasteiger partial charge in [0.15, 0.2) is 5.96 Å². The fraction of sp³-hybridized carbons (Fsp3) is 0.600. The van der Waals surface area contributed by atoms with Crippen LogP contribution in [0.25, 0.3) is 0 Å². The molecule has 1 saturated heterocycles. The van der Waals surface area contributed by atoms with Crippen LogP contribution in [-0.4, -0.2) is 76.9 Å². The van der Waals surface area contributed by atoms with Crippen LogP contribution in [0.4, 0.5) is 0 Å². The van der Waals surface area contributed by atoms with E-state index >= 15 is 0 Å². The Kier molecular flexibility index (Phi) is 12.8. The molecule has 0 aliphatic carbocycles. The van der Waals surface area contributed by atoms with E-state index in [1.54, 1.807) is 14.2 Å². The molecular formula is C20H33IN4O3. The van der Waals surface area contributed by atoms with Crippen molar-refractivity contribution >= 4 is 35.8 Å². The van der Waals surface area contributed by atoms with Gasteiger partial charge in [-0.2, -0.15) is 0 Å². The van der Waals surface area contributed by atoms with Gasteiger partial charge in [-0.05, 0) is 18.4 Å². The zero-order chi connectivity index (χ0) is 19.3. The number of carbonyl (C=O) groups excluding carboxylic acids is 1. The van der Waals surface area contributed by atoms with Crippen molar-refractivity contribution in [2.75, 3.05) is 60.2 Å². The second kappa shape index (κ2) is 14.6. The third-order valence-electron chi connectivity index (χ3n) is 4.57. The minimum Gasteiger partial charge on any atom is -0.382 e. The van der Waals surface area contributed by atoms with E-state index in [0.717, 1.165) is 38.5 Å². The van der Waals surface area contributed by atoms with Gasteiger partial charge in [-0.1, -0.05) is 30.3 Å². The SMILES string of the molecule is CN=C(NCC(=O)NCCc1ccccc1)N1CCC(COCCOC)C1.I. The van der Waals surface area contributed by atoms with Gasteiger partial charge in [0, 0.05) is 39.7 Å². The Labute approximate surface area is 185 Å². The maximum Gasteiger partial charge on any atom is 0.239 e. The Bertz CT molecular complexity index is 586.